The van der Waals surface area contributed by atoms with Crippen LogP contribution in [0.4, 0.5) is 0 Å². The molecule has 98 valence electrons. The summed E-state index contributed by atoms with van der Waals surface area (Å²) in [5.74, 6) is -0.814. The zero-order valence-corrected chi connectivity index (χ0v) is 9.89. The highest BCUT2D eigenvalue weighted by Gasteiger charge is 2.39. The average molecular weight is 254 g/mol. The molecular weight excluding hydrogens is 240 g/mol. The van der Waals surface area contributed by atoms with Crippen molar-refractivity contribution in [2.24, 2.45) is 0 Å². The number of hydrogen-bond acceptors (Lipinski definition) is 6. The molecule has 0 aliphatic carbocycles. The first-order chi connectivity index (χ1) is 8.61. The van der Waals surface area contributed by atoms with Gasteiger partial charge in [-0.2, -0.15) is 5.10 Å². The van der Waals surface area contributed by atoms with Gasteiger partial charge in [-0.3, -0.25) is 4.79 Å². The lowest BCUT2D eigenvalue weighted by molar-refractivity contribution is -0.151. The van der Waals surface area contributed by atoms with Gasteiger partial charge in [-0.05, 0) is 0 Å². The molecule has 0 spiro atoms. The molecule has 2 atom stereocenters. The molecule has 1 amide bonds. The van der Waals surface area contributed by atoms with E-state index in [4.69, 9.17) is 0 Å². The Morgan fingerprint density at radius 3 is 2.94 bits per heavy atom. The van der Waals surface area contributed by atoms with Crippen molar-refractivity contribution in [3.8, 4) is 0 Å². The van der Waals surface area contributed by atoms with E-state index in [1.807, 2.05) is 0 Å². The van der Waals surface area contributed by atoms with Crippen LogP contribution in [0.3, 0.4) is 0 Å². The van der Waals surface area contributed by atoms with Crippen LogP contribution in [0.15, 0.2) is 12.7 Å². The summed E-state index contributed by atoms with van der Waals surface area (Å²) in [7, 11) is 1.26. The van der Waals surface area contributed by atoms with Crippen LogP contribution < -0.4 is 0 Å². The summed E-state index contributed by atoms with van der Waals surface area (Å²) < 4.78 is 5.98. The number of aliphatic hydroxyl groups is 1. The maximum Gasteiger partial charge on any atom is 0.328 e. The number of rotatable bonds is 3. The Labute approximate surface area is 103 Å². The summed E-state index contributed by atoms with van der Waals surface area (Å²) in [6.07, 6.45) is 2.24. The molecule has 2 heterocycles. The number of aliphatic hydroxyl groups excluding tert-OH is 1. The number of likely N-dealkylation sites (tertiary alicyclic amines) is 1. The number of hydrogen-bond donors (Lipinski definition) is 1. The maximum absolute atomic E-state index is 12.0. The number of aromatic nitrogens is 3. The number of ether oxygens (including phenoxy) is 1. The highest BCUT2D eigenvalue weighted by Crippen LogP contribution is 2.19. The number of esters is 1. The Bertz CT molecular complexity index is 433. The molecule has 1 fully saturated rings. The number of nitrogens with zero attached hydrogens (tertiary/aromatic N) is 4. The number of carbonyl (C=O) groups is 2. The summed E-state index contributed by atoms with van der Waals surface area (Å²) in [6, 6.07) is -0.721. The van der Waals surface area contributed by atoms with Crippen LogP contribution in [0.5, 0.6) is 0 Å². The Morgan fingerprint density at radius 2 is 2.33 bits per heavy atom. The standard InChI is InChI=1S/C10H14N4O4/c1-18-10(17)8-2-7(15)3-14(8)9(16)4-13-6-11-5-12-13/h5-8,15H,2-4H2,1H3. The van der Waals surface area contributed by atoms with E-state index in [-0.39, 0.29) is 25.4 Å². The van der Waals surface area contributed by atoms with E-state index in [1.54, 1.807) is 0 Å². The second-order valence-electron chi connectivity index (χ2n) is 4.07. The smallest absolute Gasteiger partial charge is 0.328 e. The molecule has 0 aromatic carbocycles. The number of carbonyl (C=O) groups excluding carboxylic acids is 2. The summed E-state index contributed by atoms with van der Waals surface area (Å²) >= 11 is 0. The molecule has 1 saturated heterocycles. The van der Waals surface area contributed by atoms with Crippen LogP contribution in [-0.2, 0) is 20.9 Å². The topological polar surface area (TPSA) is 97.6 Å². The van der Waals surface area contributed by atoms with E-state index in [2.05, 4.69) is 14.8 Å². The van der Waals surface area contributed by atoms with Gasteiger partial charge in [-0.25, -0.2) is 14.5 Å². The fourth-order valence-electron chi connectivity index (χ4n) is 1.99. The van der Waals surface area contributed by atoms with E-state index in [1.165, 1.54) is 29.3 Å². The first kappa shape index (κ1) is 12.5. The summed E-state index contributed by atoms with van der Waals surface area (Å²) in [5.41, 5.74) is 0. The van der Waals surface area contributed by atoms with Crippen LogP contribution in [0.1, 0.15) is 6.42 Å². The van der Waals surface area contributed by atoms with Crippen molar-refractivity contribution >= 4 is 11.9 Å². The van der Waals surface area contributed by atoms with Gasteiger partial charge in [-0.1, -0.05) is 0 Å². The number of β-amino-alcohol motifs (C(OH)–C–C–N with tert-alkyl or cyclic N) is 1. The second-order valence-corrected chi connectivity index (χ2v) is 4.07. The molecule has 2 rings (SSSR count). The normalized spacial score (nSPS) is 23.1. The van der Waals surface area contributed by atoms with Gasteiger partial charge in [0.15, 0.2) is 0 Å². The SMILES string of the molecule is COC(=O)C1CC(O)CN1C(=O)Cn1cncn1. The van der Waals surface area contributed by atoms with Crippen molar-refractivity contribution in [1.29, 1.82) is 0 Å². The fraction of sp³-hybridized carbons (Fsp3) is 0.600. The van der Waals surface area contributed by atoms with Gasteiger partial charge >= 0.3 is 5.97 Å². The van der Waals surface area contributed by atoms with Gasteiger partial charge in [0.1, 0.15) is 25.2 Å². The van der Waals surface area contributed by atoms with Gasteiger partial charge in [0, 0.05) is 13.0 Å². The molecule has 1 N–H and O–H groups in total. The van der Waals surface area contributed by atoms with Gasteiger partial charge in [-0.15, -0.1) is 0 Å². The molecule has 0 saturated carbocycles. The lowest BCUT2D eigenvalue weighted by atomic mass is 10.2. The first-order valence-electron chi connectivity index (χ1n) is 5.49. The summed E-state index contributed by atoms with van der Waals surface area (Å²) in [4.78, 5) is 28.6. The minimum atomic E-state index is -0.721. The Morgan fingerprint density at radius 1 is 1.56 bits per heavy atom. The molecule has 1 aromatic rings. The van der Waals surface area contributed by atoms with E-state index in [9.17, 15) is 14.7 Å². The minimum Gasteiger partial charge on any atom is -0.467 e. The highest BCUT2D eigenvalue weighted by molar-refractivity contribution is 5.85. The molecule has 0 radical (unpaired) electrons. The van der Waals surface area contributed by atoms with Crippen molar-refractivity contribution in [2.75, 3.05) is 13.7 Å². The Kier molecular flexibility index (Phi) is 3.56. The molecule has 1 aliphatic heterocycles. The Balaban J connectivity index is 2.05. The number of amides is 1. The third kappa shape index (κ3) is 2.48. The van der Waals surface area contributed by atoms with Crippen molar-refractivity contribution in [3.63, 3.8) is 0 Å². The minimum absolute atomic E-state index is 0.0137. The van der Waals surface area contributed by atoms with E-state index in [0.29, 0.717) is 0 Å². The first-order valence-corrected chi connectivity index (χ1v) is 5.49. The molecule has 18 heavy (non-hydrogen) atoms. The second kappa shape index (κ2) is 5.13. The van der Waals surface area contributed by atoms with E-state index >= 15 is 0 Å². The molecule has 1 aliphatic rings. The molecule has 0 bridgehead atoms. The van der Waals surface area contributed by atoms with Gasteiger partial charge in [0.25, 0.3) is 0 Å². The molecule has 1 aromatic heterocycles. The zero-order chi connectivity index (χ0) is 13.1. The predicted molar refractivity (Wildman–Crippen MR) is 58.2 cm³/mol. The van der Waals surface area contributed by atoms with Crippen LogP contribution in [0.25, 0.3) is 0 Å². The monoisotopic (exact) mass is 254 g/mol. The van der Waals surface area contributed by atoms with Crippen LogP contribution >= 0.6 is 0 Å². The van der Waals surface area contributed by atoms with Crippen molar-refractivity contribution in [3.05, 3.63) is 12.7 Å². The van der Waals surface area contributed by atoms with Crippen LogP contribution in [-0.4, -0.2) is 62.4 Å². The molecule has 8 nitrogen and oxygen atoms in total. The lowest BCUT2D eigenvalue weighted by Gasteiger charge is -2.22. The van der Waals surface area contributed by atoms with Crippen LogP contribution in [0, 0.1) is 0 Å². The van der Waals surface area contributed by atoms with Crippen molar-refractivity contribution < 1.29 is 19.4 Å². The predicted octanol–water partition coefficient (Wildman–Crippen LogP) is -1.59. The lowest BCUT2D eigenvalue weighted by Crippen LogP contribution is -2.42. The van der Waals surface area contributed by atoms with Crippen molar-refractivity contribution in [1.82, 2.24) is 19.7 Å². The maximum atomic E-state index is 12.0. The van der Waals surface area contributed by atoms with Gasteiger partial charge in [0.2, 0.25) is 5.91 Å². The van der Waals surface area contributed by atoms with Gasteiger partial charge in [0.05, 0.1) is 13.2 Å². The number of methoxy groups -OCH3 is 1. The largest absolute Gasteiger partial charge is 0.467 e. The van der Waals surface area contributed by atoms with Crippen molar-refractivity contribution in [2.45, 2.75) is 25.1 Å². The quantitative estimate of drug-likeness (QED) is 0.653. The van der Waals surface area contributed by atoms with Gasteiger partial charge < -0.3 is 14.7 Å². The van der Waals surface area contributed by atoms with E-state index < -0.39 is 18.1 Å². The molecule has 8 heteroatoms. The third-order valence-corrected chi connectivity index (χ3v) is 2.84. The summed E-state index contributed by atoms with van der Waals surface area (Å²) in [6.45, 7) is 0.119. The average Bonchev–Trinajstić information content (AvgIpc) is 2.97. The zero-order valence-electron chi connectivity index (χ0n) is 9.89. The summed E-state index contributed by atoms with van der Waals surface area (Å²) in [5, 5.41) is 13.4. The molecule has 2 unspecified atom stereocenters. The highest BCUT2D eigenvalue weighted by atomic mass is 16.5. The van der Waals surface area contributed by atoms with Crippen LogP contribution in [0.2, 0.25) is 0 Å². The van der Waals surface area contributed by atoms with E-state index in [0.717, 1.165) is 0 Å². The third-order valence-electron chi connectivity index (χ3n) is 2.84. The Hall–Kier alpha value is -1.96. The molecular formula is C10H14N4O4. The fourth-order valence-corrected chi connectivity index (χ4v) is 1.99.